The number of benzene rings is 1. The van der Waals surface area contributed by atoms with E-state index in [0.717, 1.165) is 40.2 Å². The number of halogens is 5. The van der Waals surface area contributed by atoms with E-state index >= 15 is 0 Å². The second-order valence-electron chi connectivity index (χ2n) is 8.06. The quantitative estimate of drug-likeness (QED) is 0.332. The molecule has 0 heterocycles. The van der Waals surface area contributed by atoms with Crippen molar-refractivity contribution in [3.8, 4) is 0 Å². The average molecular weight is 629 g/mol. The van der Waals surface area contributed by atoms with Gasteiger partial charge in [0.2, 0.25) is 9.84 Å². The maximum atomic E-state index is 12.9. The van der Waals surface area contributed by atoms with Gasteiger partial charge < -0.3 is 4.74 Å². The van der Waals surface area contributed by atoms with Crippen molar-refractivity contribution < 1.29 is 21.9 Å². The first-order chi connectivity index (χ1) is 14.0. The predicted molar refractivity (Wildman–Crippen MR) is 124 cm³/mol. The second-order valence-corrected chi connectivity index (χ2v) is 12.9. The van der Waals surface area contributed by atoms with E-state index in [1.165, 1.54) is 23.3 Å². The lowest BCUT2D eigenvalue weighted by atomic mass is 9.88. The third-order valence-corrected chi connectivity index (χ3v) is 10.6. The molecular formula is C21H19Br3F2O3S. The van der Waals surface area contributed by atoms with Crippen molar-refractivity contribution in [2.24, 2.45) is 11.3 Å². The van der Waals surface area contributed by atoms with Gasteiger partial charge in [-0.15, -0.1) is 0 Å². The van der Waals surface area contributed by atoms with Crippen molar-refractivity contribution in [2.75, 3.05) is 7.11 Å². The van der Waals surface area contributed by atoms with Crippen LogP contribution >= 0.6 is 47.8 Å². The monoisotopic (exact) mass is 626 g/mol. The Morgan fingerprint density at radius 1 is 1.13 bits per heavy atom. The molecular weight excluding hydrogens is 610 g/mol. The lowest BCUT2D eigenvalue weighted by molar-refractivity contribution is 0.151. The maximum absolute atomic E-state index is 12.9. The summed E-state index contributed by atoms with van der Waals surface area (Å²) in [5, 5.41) is 0. The summed E-state index contributed by atoms with van der Waals surface area (Å²) < 4.78 is 55.9. The molecule has 3 nitrogen and oxygen atoms in total. The van der Waals surface area contributed by atoms with Crippen LogP contribution in [-0.4, -0.2) is 25.8 Å². The first-order valence-corrected chi connectivity index (χ1v) is 13.3. The highest BCUT2D eigenvalue weighted by atomic mass is 79.9. The van der Waals surface area contributed by atoms with E-state index in [9.17, 15) is 17.2 Å². The van der Waals surface area contributed by atoms with Gasteiger partial charge in [-0.25, -0.2) is 8.42 Å². The maximum Gasteiger partial charge on any atom is 0.341 e. The number of sulfone groups is 1. The molecule has 0 amide bonds. The Labute approximate surface area is 199 Å². The summed E-state index contributed by atoms with van der Waals surface area (Å²) in [5.41, 5.74) is 3.59. The predicted octanol–water partition coefficient (Wildman–Crippen LogP) is 6.94. The number of hydrogen-bond acceptors (Lipinski definition) is 3. The van der Waals surface area contributed by atoms with Crippen molar-refractivity contribution in [1.29, 1.82) is 0 Å². The van der Waals surface area contributed by atoms with Gasteiger partial charge in [-0.2, -0.15) is 8.78 Å². The number of rotatable bonds is 5. The fraction of sp³-hybridized carbons (Fsp3) is 0.429. The molecule has 162 valence electrons. The largest absolute Gasteiger partial charge is 0.358 e. The van der Waals surface area contributed by atoms with Gasteiger partial charge in [-0.1, -0.05) is 55.6 Å². The number of ether oxygens (including phenoxy) is 1. The van der Waals surface area contributed by atoms with Crippen LogP contribution in [0.3, 0.4) is 0 Å². The van der Waals surface area contributed by atoms with Crippen molar-refractivity contribution in [3.63, 3.8) is 0 Å². The zero-order chi connectivity index (χ0) is 21.9. The molecule has 2 unspecified atom stereocenters. The Balaban J connectivity index is 1.74. The fourth-order valence-corrected chi connectivity index (χ4v) is 6.90. The SMILES string of the molecule is COC1(Br)C=C(Br)C(C2=C(c3ccc(S(=O)(=O)C(F)F)cc3)CC3(CC3)C2)C=C1Br. The average Bonchev–Trinajstić information content (AvgIpc) is 3.35. The minimum absolute atomic E-state index is 0.0275. The fourth-order valence-electron chi connectivity index (χ4n) is 4.22. The van der Waals surface area contributed by atoms with Crippen LogP contribution in [0.2, 0.25) is 0 Å². The lowest BCUT2D eigenvalue weighted by Gasteiger charge is -2.31. The molecule has 0 radical (unpaired) electrons. The van der Waals surface area contributed by atoms with Gasteiger partial charge in [0.15, 0.2) is 4.51 Å². The summed E-state index contributed by atoms with van der Waals surface area (Å²) >= 11 is 10.9. The molecule has 9 heteroatoms. The highest BCUT2D eigenvalue weighted by Gasteiger charge is 2.50. The number of allylic oxidation sites excluding steroid dienone is 4. The Kier molecular flexibility index (Phi) is 6.01. The first-order valence-electron chi connectivity index (χ1n) is 9.36. The molecule has 1 spiro atoms. The standard InChI is InChI=1S/C21H19Br3F2O3S/c1-29-21(24)11-17(22)14(8-18(21)23)16-10-20(6-7-20)9-15(16)12-2-4-13(5-3-12)30(27,28)19(25)26/h2-5,8,11,14,19H,6-7,9-10H2,1H3. The smallest absolute Gasteiger partial charge is 0.341 e. The van der Waals surface area contributed by atoms with Crippen LogP contribution in [-0.2, 0) is 14.6 Å². The van der Waals surface area contributed by atoms with Gasteiger partial charge in [0.05, 0.1) is 4.90 Å². The second kappa shape index (κ2) is 7.90. The van der Waals surface area contributed by atoms with Gasteiger partial charge in [0, 0.05) is 22.0 Å². The van der Waals surface area contributed by atoms with E-state index in [-0.39, 0.29) is 16.2 Å². The number of methoxy groups -OCH3 is 1. The molecule has 30 heavy (non-hydrogen) atoms. The highest BCUT2D eigenvalue weighted by Crippen LogP contribution is 2.64. The van der Waals surface area contributed by atoms with E-state index in [0.29, 0.717) is 0 Å². The van der Waals surface area contributed by atoms with Crippen LogP contribution in [0.5, 0.6) is 0 Å². The van der Waals surface area contributed by atoms with Crippen molar-refractivity contribution >= 4 is 63.2 Å². The summed E-state index contributed by atoms with van der Waals surface area (Å²) in [6.07, 6.45) is 8.28. The van der Waals surface area contributed by atoms with Gasteiger partial charge in [0.1, 0.15) is 0 Å². The molecule has 1 fully saturated rings. The Bertz CT molecular complexity index is 1070. The normalized spacial score (nSPS) is 28.2. The minimum Gasteiger partial charge on any atom is -0.358 e. The highest BCUT2D eigenvalue weighted by molar-refractivity contribution is 9.14. The minimum atomic E-state index is -4.59. The first kappa shape index (κ1) is 22.8. The summed E-state index contributed by atoms with van der Waals surface area (Å²) in [7, 11) is -2.97. The van der Waals surface area contributed by atoms with Crippen LogP contribution in [0.1, 0.15) is 31.2 Å². The molecule has 3 aliphatic rings. The van der Waals surface area contributed by atoms with E-state index in [1.54, 1.807) is 19.2 Å². The molecule has 0 bridgehead atoms. The van der Waals surface area contributed by atoms with Crippen molar-refractivity contribution in [1.82, 2.24) is 0 Å². The molecule has 1 aromatic carbocycles. The number of alkyl halides is 3. The van der Waals surface area contributed by atoms with Crippen LogP contribution in [0.4, 0.5) is 8.78 Å². The molecule has 4 rings (SSSR count). The summed E-state index contributed by atoms with van der Waals surface area (Å²) in [6, 6.07) is 5.86. The van der Waals surface area contributed by atoms with Crippen LogP contribution in [0.15, 0.2) is 55.9 Å². The summed E-state index contributed by atoms with van der Waals surface area (Å²) in [6.45, 7) is 0. The van der Waals surface area contributed by atoms with Gasteiger partial charge in [-0.05, 0) is 76.4 Å². The molecule has 0 saturated heterocycles. The topological polar surface area (TPSA) is 43.4 Å². The molecule has 1 saturated carbocycles. The third kappa shape index (κ3) is 3.93. The summed E-state index contributed by atoms with van der Waals surface area (Å²) in [5.74, 6) is -3.39. The van der Waals surface area contributed by atoms with Crippen LogP contribution in [0.25, 0.3) is 5.57 Å². The summed E-state index contributed by atoms with van der Waals surface area (Å²) in [4.78, 5) is -0.354. The van der Waals surface area contributed by atoms with E-state index in [2.05, 4.69) is 53.9 Å². The molecule has 0 aliphatic heterocycles. The molecule has 3 aliphatic carbocycles. The van der Waals surface area contributed by atoms with Crippen molar-refractivity contribution in [3.05, 3.63) is 56.5 Å². The van der Waals surface area contributed by atoms with Crippen molar-refractivity contribution in [2.45, 2.75) is 40.8 Å². The van der Waals surface area contributed by atoms with Gasteiger partial charge >= 0.3 is 5.76 Å². The Morgan fingerprint density at radius 2 is 1.77 bits per heavy atom. The van der Waals surface area contributed by atoms with Gasteiger partial charge in [0.25, 0.3) is 0 Å². The molecule has 2 atom stereocenters. The lowest BCUT2D eigenvalue weighted by Crippen LogP contribution is -2.26. The molecule has 0 aromatic heterocycles. The Hall–Kier alpha value is -0.350. The van der Waals surface area contributed by atoms with E-state index in [4.69, 9.17) is 4.74 Å². The van der Waals surface area contributed by atoms with Crippen LogP contribution < -0.4 is 0 Å². The third-order valence-electron chi connectivity index (χ3n) is 6.16. The number of hydrogen-bond donors (Lipinski definition) is 0. The molecule has 0 N–H and O–H groups in total. The van der Waals surface area contributed by atoms with E-state index < -0.39 is 20.1 Å². The zero-order valence-electron chi connectivity index (χ0n) is 16.0. The Morgan fingerprint density at radius 3 is 2.30 bits per heavy atom. The zero-order valence-corrected chi connectivity index (χ0v) is 21.5. The molecule has 1 aromatic rings. The van der Waals surface area contributed by atoms with E-state index in [1.807, 2.05) is 6.08 Å². The van der Waals surface area contributed by atoms with Gasteiger partial charge in [-0.3, -0.25) is 0 Å². The van der Waals surface area contributed by atoms with Crippen LogP contribution in [0, 0.1) is 11.3 Å².